The van der Waals surface area contributed by atoms with Crippen molar-refractivity contribution in [2.45, 2.75) is 86.4 Å². The molecule has 5 heteroatoms. The molecule has 5 aromatic rings. The van der Waals surface area contributed by atoms with Crippen LogP contribution in [0, 0.1) is 0 Å². The van der Waals surface area contributed by atoms with E-state index in [-0.39, 0.29) is 11.6 Å². The first-order chi connectivity index (χ1) is 25.3. The molecule has 0 fully saturated rings. The number of nitrogens with zero attached hydrogens (tertiary/aromatic N) is 5. The Kier molecular flexibility index (Phi) is 11.5. The molecule has 1 aliphatic heterocycles. The molecule has 52 heavy (non-hydrogen) atoms. The van der Waals surface area contributed by atoms with Crippen LogP contribution in [0.5, 0.6) is 0 Å². The highest BCUT2D eigenvalue weighted by atomic mass is 15.3. The first-order valence-electron chi connectivity index (χ1n) is 19.7. The van der Waals surface area contributed by atoms with Crippen molar-refractivity contribution in [1.29, 1.82) is 0 Å². The molecule has 0 aliphatic carbocycles. The second-order valence-electron chi connectivity index (χ2n) is 14.3. The maximum absolute atomic E-state index is 2.66. The zero-order valence-electron chi connectivity index (χ0n) is 32.8. The molecule has 1 aliphatic rings. The SMILES string of the molecule is CCCC(n1c(/C=C/c2ccc(N(CC)CC)cc2)[n+](CC)c2ccccc21)[N+]1=C(/C=C/c2ccc(N(CC)CC)cc2)C(C)(C)c2ccccc21. The summed E-state index contributed by atoms with van der Waals surface area (Å²) in [6.07, 6.45) is 11.5. The fourth-order valence-electron chi connectivity index (χ4n) is 8.23. The number of rotatable bonds is 15. The molecular formula is C47H59N5+2. The minimum absolute atomic E-state index is 0.0695. The maximum atomic E-state index is 2.66. The predicted octanol–water partition coefficient (Wildman–Crippen LogP) is 10.9. The Labute approximate surface area is 312 Å². The van der Waals surface area contributed by atoms with E-state index < -0.39 is 0 Å². The van der Waals surface area contributed by atoms with E-state index in [2.05, 4.69) is 200 Å². The van der Waals surface area contributed by atoms with Gasteiger partial charge in [-0.05, 0) is 115 Å². The molecule has 0 radical (unpaired) electrons. The lowest BCUT2D eigenvalue weighted by molar-refractivity contribution is -0.672. The lowest BCUT2D eigenvalue weighted by Crippen LogP contribution is -2.37. The fourth-order valence-corrected chi connectivity index (χ4v) is 8.23. The van der Waals surface area contributed by atoms with Gasteiger partial charge in [-0.15, -0.1) is 0 Å². The molecule has 0 saturated carbocycles. The molecule has 0 amide bonds. The first-order valence-corrected chi connectivity index (χ1v) is 19.7. The number of hydrogen-bond acceptors (Lipinski definition) is 2. The average molecular weight is 694 g/mol. The zero-order chi connectivity index (χ0) is 36.8. The number of aryl methyl sites for hydroxylation is 1. The van der Waals surface area contributed by atoms with E-state index in [1.54, 1.807) is 0 Å². The van der Waals surface area contributed by atoms with Crippen LogP contribution in [-0.2, 0) is 12.0 Å². The van der Waals surface area contributed by atoms with Crippen LogP contribution in [0.4, 0.5) is 17.1 Å². The monoisotopic (exact) mass is 693 g/mol. The van der Waals surface area contributed by atoms with Crippen LogP contribution in [0.1, 0.15) is 96.9 Å². The van der Waals surface area contributed by atoms with Crippen LogP contribution in [0.3, 0.4) is 0 Å². The molecule has 1 aromatic heterocycles. The number of anilines is 2. The Morgan fingerprint density at radius 3 is 1.73 bits per heavy atom. The second kappa shape index (κ2) is 16.2. The van der Waals surface area contributed by atoms with Crippen molar-refractivity contribution < 1.29 is 9.14 Å². The first kappa shape index (κ1) is 36.9. The van der Waals surface area contributed by atoms with Gasteiger partial charge in [0.2, 0.25) is 5.69 Å². The Morgan fingerprint density at radius 2 is 1.17 bits per heavy atom. The van der Waals surface area contributed by atoms with E-state index in [9.17, 15) is 0 Å². The van der Waals surface area contributed by atoms with Crippen molar-refractivity contribution in [3.8, 4) is 0 Å². The van der Waals surface area contributed by atoms with E-state index in [0.717, 1.165) is 45.6 Å². The number of benzene rings is 4. The fraction of sp³-hybridized carbons (Fsp3) is 0.362. The van der Waals surface area contributed by atoms with Crippen LogP contribution in [0.25, 0.3) is 29.3 Å². The van der Waals surface area contributed by atoms with Gasteiger partial charge in [0.15, 0.2) is 16.7 Å². The number of aromatic nitrogens is 2. The minimum atomic E-state index is -0.174. The normalized spacial score (nSPS) is 14.5. The molecule has 270 valence electrons. The van der Waals surface area contributed by atoms with E-state index in [1.807, 2.05) is 0 Å². The van der Waals surface area contributed by atoms with Crippen molar-refractivity contribution >= 4 is 52.0 Å². The number of fused-ring (bicyclic) bond motifs is 2. The molecule has 6 rings (SSSR count). The summed E-state index contributed by atoms with van der Waals surface area (Å²) in [5, 5.41) is 0. The van der Waals surface area contributed by atoms with Crippen LogP contribution in [0.15, 0.2) is 103 Å². The van der Waals surface area contributed by atoms with E-state index in [0.29, 0.717) is 0 Å². The van der Waals surface area contributed by atoms with Crippen LogP contribution in [0.2, 0.25) is 0 Å². The Balaban J connectivity index is 1.52. The van der Waals surface area contributed by atoms with Crippen molar-refractivity contribution in [3.05, 3.63) is 126 Å². The van der Waals surface area contributed by atoms with Gasteiger partial charge in [-0.2, -0.15) is 9.14 Å². The van der Waals surface area contributed by atoms with Gasteiger partial charge >= 0.3 is 6.17 Å². The highest BCUT2D eigenvalue weighted by molar-refractivity contribution is 6.05. The van der Waals surface area contributed by atoms with E-state index in [4.69, 9.17) is 0 Å². The van der Waals surface area contributed by atoms with Crippen molar-refractivity contribution in [3.63, 3.8) is 0 Å². The summed E-state index contributed by atoms with van der Waals surface area (Å²) < 4.78 is 7.76. The van der Waals surface area contributed by atoms with E-state index in [1.165, 1.54) is 56.3 Å². The second-order valence-corrected chi connectivity index (χ2v) is 14.3. The third kappa shape index (κ3) is 6.98. The van der Waals surface area contributed by atoms with Gasteiger partial charge in [0.1, 0.15) is 0 Å². The van der Waals surface area contributed by atoms with Gasteiger partial charge in [-0.25, -0.2) is 4.57 Å². The highest BCUT2D eigenvalue weighted by Crippen LogP contribution is 2.44. The Morgan fingerprint density at radius 1 is 0.635 bits per heavy atom. The molecule has 0 saturated heterocycles. The molecule has 1 atom stereocenters. The number of hydrogen-bond donors (Lipinski definition) is 0. The quantitative estimate of drug-likeness (QED) is 0.102. The lowest BCUT2D eigenvalue weighted by atomic mass is 9.81. The molecule has 0 spiro atoms. The van der Waals surface area contributed by atoms with Crippen molar-refractivity contribution in [2.24, 2.45) is 0 Å². The lowest BCUT2D eigenvalue weighted by Gasteiger charge is -2.21. The number of allylic oxidation sites excluding steroid dienone is 1. The van der Waals surface area contributed by atoms with Crippen LogP contribution >= 0.6 is 0 Å². The summed E-state index contributed by atoms with van der Waals surface area (Å²) in [4.78, 5) is 4.79. The molecule has 5 nitrogen and oxygen atoms in total. The maximum Gasteiger partial charge on any atom is 0.300 e. The Bertz CT molecular complexity index is 2050. The largest absolute Gasteiger partial charge is 0.372 e. The van der Waals surface area contributed by atoms with Gasteiger partial charge < -0.3 is 9.80 Å². The topological polar surface area (TPSA) is 18.3 Å². The van der Waals surface area contributed by atoms with Gasteiger partial charge in [0, 0.05) is 61.3 Å². The summed E-state index contributed by atoms with van der Waals surface area (Å²) in [6.45, 7) is 23.2. The summed E-state index contributed by atoms with van der Waals surface area (Å²) >= 11 is 0. The van der Waals surface area contributed by atoms with Crippen LogP contribution < -0.4 is 14.4 Å². The molecular weight excluding hydrogens is 635 g/mol. The number of imidazole rings is 1. The van der Waals surface area contributed by atoms with Crippen molar-refractivity contribution in [2.75, 3.05) is 36.0 Å². The zero-order valence-corrected chi connectivity index (χ0v) is 32.8. The predicted molar refractivity (Wildman–Crippen MR) is 224 cm³/mol. The van der Waals surface area contributed by atoms with Gasteiger partial charge in [-0.1, -0.05) is 61.5 Å². The van der Waals surface area contributed by atoms with E-state index >= 15 is 0 Å². The van der Waals surface area contributed by atoms with Gasteiger partial charge in [-0.3, -0.25) is 0 Å². The Hall–Kier alpha value is -4.90. The summed E-state index contributed by atoms with van der Waals surface area (Å²) in [7, 11) is 0. The molecule has 2 heterocycles. The smallest absolute Gasteiger partial charge is 0.300 e. The minimum Gasteiger partial charge on any atom is -0.372 e. The summed E-state index contributed by atoms with van der Waals surface area (Å²) in [5.74, 6) is 1.22. The average Bonchev–Trinajstić information content (AvgIpc) is 3.61. The standard InChI is InChI=1S/C47H59N5/c1-9-19-46(51-41-21-16-15-20-40(41)47(7,8)44(51)34-28-36-24-30-38(31-25-36)48(10-2)11-3)52-43-23-18-17-22-42(43)50(14-6)45(52)35-29-37-26-32-39(33-27-37)49(12-4)13-5/h15-18,20-35,46H,9-14,19H2,1-8H3/q+2. The third-order valence-electron chi connectivity index (χ3n) is 11.1. The van der Waals surface area contributed by atoms with Gasteiger partial charge in [0.05, 0.1) is 18.4 Å². The molecule has 0 N–H and O–H groups in total. The van der Waals surface area contributed by atoms with Crippen LogP contribution in [-0.4, -0.2) is 41.0 Å². The van der Waals surface area contributed by atoms with Gasteiger partial charge in [0.25, 0.3) is 5.82 Å². The third-order valence-corrected chi connectivity index (χ3v) is 11.1. The molecule has 0 bridgehead atoms. The number of para-hydroxylation sites is 3. The molecule has 4 aromatic carbocycles. The summed E-state index contributed by atoms with van der Waals surface area (Å²) in [5.41, 5.74) is 11.3. The highest BCUT2D eigenvalue weighted by Gasteiger charge is 2.49. The molecule has 1 unspecified atom stereocenters. The summed E-state index contributed by atoms with van der Waals surface area (Å²) in [6, 6.07) is 36.0. The van der Waals surface area contributed by atoms with Crippen molar-refractivity contribution in [1.82, 2.24) is 4.57 Å².